The van der Waals surface area contributed by atoms with Crippen LogP contribution in [0.1, 0.15) is 17.5 Å². The lowest BCUT2D eigenvalue weighted by Gasteiger charge is -2.12. The fourth-order valence-electron chi connectivity index (χ4n) is 2.30. The Hall–Kier alpha value is -1.40. The Morgan fingerprint density at radius 2 is 2.20 bits per heavy atom. The van der Waals surface area contributed by atoms with Gasteiger partial charge in [0.25, 0.3) is 0 Å². The van der Waals surface area contributed by atoms with Gasteiger partial charge >= 0.3 is 0 Å². The van der Waals surface area contributed by atoms with Crippen molar-refractivity contribution >= 4 is 6.08 Å². The minimum Gasteiger partial charge on any atom is -0.496 e. The first-order chi connectivity index (χ1) is 9.67. The van der Waals surface area contributed by atoms with Gasteiger partial charge in [-0.2, -0.15) is 0 Å². The van der Waals surface area contributed by atoms with Gasteiger partial charge in [-0.05, 0) is 18.1 Å². The average molecular weight is 280 g/mol. The van der Waals surface area contributed by atoms with Crippen molar-refractivity contribution in [2.45, 2.75) is 31.3 Å². The molecule has 0 bridgehead atoms. The number of aliphatic hydroxyl groups is 3. The molecule has 0 saturated carbocycles. The molecule has 0 unspecified atom stereocenters. The van der Waals surface area contributed by atoms with Crippen molar-refractivity contribution in [1.29, 1.82) is 0 Å². The van der Waals surface area contributed by atoms with Gasteiger partial charge in [0.15, 0.2) is 0 Å². The SMILES string of the molecule is COc1cccc(/C=C/C[C@H]2OC[C@@H](O)[C@H]2O)c1CO. The van der Waals surface area contributed by atoms with Crippen LogP contribution in [-0.2, 0) is 11.3 Å². The zero-order chi connectivity index (χ0) is 14.5. The zero-order valence-electron chi connectivity index (χ0n) is 11.4. The van der Waals surface area contributed by atoms with Gasteiger partial charge in [-0.15, -0.1) is 0 Å². The molecular weight excluding hydrogens is 260 g/mol. The van der Waals surface area contributed by atoms with E-state index in [0.29, 0.717) is 12.2 Å². The van der Waals surface area contributed by atoms with Crippen LogP contribution < -0.4 is 4.74 Å². The van der Waals surface area contributed by atoms with Crippen molar-refractivity contribution in [3.05, 3.63) is 35.4 Å². The molecule has 3 N–H and O–H groups in total. The van der Waals surface area contributed by atoms with E-state index >= 15 is 0 Å². The van der Waals surface area contributed by atoms with E-state index in [9.17, 15) is 15.3 Å². The summed E-state index contributed by atoms with van der Waals surface area (Å²) in [6.07, 6.45) is 2.18. The van der Waals surface area contributed by atoms with E-state index in [2.05, 4.69) is 0 Å². The van der Waals surface area contributed by atoms with Crippen LogP contribution in [-0.4, -0.2) is 47.3 Å². The molecule has 1 aromatic rings. The van der Waals surface area contributed by atoms with E-state index in [1.807, 2.05) is 24.3 Å². The highest BCUT2D eigenvalue weighted by molar-refractivity contribution is 5.57. The van der Waals surface area contributed by atoms with Gasteiger partial charge in [-0.1, -0.05) is 24.3 Å². The Kier molecular flexibility index (Phi) is 5.14. The maximum Gasteiger partial charge on any atom is 0.124 e. The van der Waals surface area contributed by atoms with Crippen molar-refractivity contribution < 1.29 is 24.8 Å². The minimum atomic E-state index is -0.845. The predicted octanol–water partition coefficient (Wildman–Crippen LogP) is 0.711. The summed E-state index contributed by atoms with van der Waals surface area (Å²) in [6.45, 7) is 0.0612. The quantitative estimate of drug-likeness (QED) is 0.740. The highest BCUT2D eigenvalue weighted by atomic mass is 16.5. The van der Waals surface area contributed by atoms with Gasteiger partial charge < -0.3 is 24.8 Å². The van der Waals surface area contributed by atoms with E-state index in [4.69, 9.17) is 9.47 Å². The number of hydrogen-bond donors (Lipinski definition) is 3. The largest absolute Gasteiger partial charge is 0.496 e. The molecule has 0 aromatic heterocycles. The van der Waals surface area contributed by atoms with Gasteiger partial charge in [0, 0.05) is 5.56 Å². The summed E-state index contributed by atoms with van der Waals surface area (Å²) >= 11 is 0. The van der Waals surface area contributed by atoms with E-state index in [0.717, 1.165) is 11.1 Å². The summed E-state index contributed by atoms with van der Waals surface area (Å²) in [4.78, 5) is 0. The van der Waals surface area contributed by atoms with Crippen LogP contribution in [0.15, 0.2) is 24.3 Å². The molecule has 110 valence electrons. The lowest BCUT2D eigenvalue weighted by molar-refractivity contribution is 0.0250. The first-order valence-electron chi connectivity index (χ1n) is 6.58. The molecule has 0 aliphatic carbocycles. The molecule has 1 aliphatic heterocycles. The third-order valence-corrected chi connectivity index (χ3v) is 3.47. The van der Waals surface area contributed by atoms with Crippen molar-refractivity contribution in [2.24, 2.45) is 0 Å². The minimum absolute atomic E-state index is 0.106. The normalized spacial score (nSPS) is 26.3. The van der Waals surface area contributed by atoms with E-state index in [-0.39, 0.29) is 19.3 Å². The lowest BCUT2D eigenvalue weighted by Crippen LogP contribution is -2.29. The Morgan fingerprint density at radius 3 is 2.80 bits per heavy atom. The first-order valence-corrected chi connectivity index (χ1v) is 6.58. The van der Waals surface area contributed by atoms with Gasteiger partial charge in [-0.25, -0.2) is 0 Å². The molecule has 20 heavy (non-hydrogen) atoms. The third kappa shape index (κ3) is 3.19. The van der Waals surface area contributed by atoms with Gasteiger partial charge in [0.05, 0.1) is 26.4 Å². The fraction of sp³-hybridized carbons (Fsp3) is 0.467. The topological polar surface area (TPSA) is 79.2 Å². The molecule has 0 spiro atoms. The molecule has 1 saturated heterocycles. The predicted molar refractivity (Wildman–Crippen MR) is 74.3 cm³/mol. The van der Waals surface area contributed by atoms with Gasteiger partial charge in [0.2, 0.25) is 0 Å². The summed E-state index contributed by atoms with van der Waals surface area (Å²) in [5, 5.41) is 28.5. The van der Waals surface area contributed by atoms with Crippen LogP contribution in [0.5, 0.6) is 5.75 Å². The Bertz CT molecular complexity index is 471. The monoisotopic (exact) mass is 280 g/mol. The molecule has 1 heterocycles. The number of aliphatic hydroxyl groups excluding tert-OH is 3. The summed E-state index contributed by atoms with van der Waals surface area (Å²) in [5.41, 5.74) is 1.58. The van der Waals surface area contributed by atoms with Crippen LogP contribution in [0.4, 0.5) is 0 Å². The second kappa shape index (κ2) is 6.85. The van der Waals surface area contributed by atoms with Crippen molar-refractivity contribution in [1.82, 2.24) is 0 Å². The van der Waals surface area contributed by atoms with Gasteiger partial charge in [-0.3, -0.25) is 0 Å². The molecule has 5 nitrogen and oxygen atoms in total. The molecule has 1 aliphatic rings. The number of ether oxygens (including phenoxy) is 2. The van der Waals surface area contributed by atoms with E-state index < -0.39 is 12.2 Å². The number of benzene rings is 1. The number of methoxy groups -OCH3 is 1. The molecule has 3 atom stereocenters. The summed E-state index contributed by atoms with van der Waals surface area (Å²) in [7, 11) is 1.56. The summed E-state index contributed by atoms with van der Waals surface area (Å²) in [5.74, 6) is 0.641. The molecule has 1 fully saturated rings. The maximum atomic E-state index is 9.67. The molecule has 1 aromatic carbocycles. The first kappa shape index (κ1) is 15.0. The van der Waals surface area contributed by atoms with Crippen molar-refractivity contribution in [2.75, 3.05) is 13.7 Å². The highest BCUT2D eigenvalue weighted by Gasteiger charge is 2.33. The third-order valence-electron chi connectivity index (χ3n) is 3.47. The molecular formula is C15H20O5. The second-order valence-corrected chi connectivity index (χ2v) is 4.75. The summed E-state index contributed by atoms with van der Waals surface area (Å²) in [6, 6.07) is 5.52. The number of rotatable bonds is 5. The maximum absolute atomic E-state index is 9.67. The average Bonchev–Trinajstić information content (AvgIpc) is 2.79. The molecule has 5 heteroatoms. The zero-order valence-corrected chi connectivity index (χ0v) is 11.4. The van der Waals surface area contributed by atoms with Crippen LogP contribution in [0.25, 0.3) is 6.08 Å². The van der Waals surface area contributed by atoms with Crippen LogP contribution in [0.2, 0.25) is 0 Å². The van der Waals surface area contributed by atoms with Crippen LogP contribution in [0.3, 0.4) is 0 Å². The van der Waals surface area contributed by atoms with Crippen molar-refractivity contribution in [3.8, 4) is 5.75 Å². The van der Waals surface area contributed by atoms with E-state index in [1.165, 1.54) is 0 Å². The van der Waals surface area contributed by atoms with Crippen LogP contribution in [0, 0.1) is 0 Å². The molecule has 2 rings (SSSR count). The Morgan fingerprint density at radius 1 is 1.40 bits per heavy atom. The smallest absolute Gasteiger partial charge is 0.124 e. The van der Waals surface area contributed by atoms with Crippen molar-refractivity contribution in [3.63, 3.8) is 0 Å². The second-order valence-electron chi connectivity index (χ2n) is 4.75. The van der Waals surface area contributed by atoms with E-state index in [1.54, 1.807) is 13.2 Å². The lowest BCUT2D eigenvalue weighted by atomic mass is 10.0. The Balaban J connectivity index is 2.04. The number of hydrogen-bond acceptors (Lipinski definition) is 5. The fourth-order valence-corrected chi connectivity index (χ4v) is 2.30. The van der Waals surface area contributed by atoms with Gasteiger partial charge in [0.1, 0.15) is 18.0 Å². The molecule has 0 amide bonds. The summed E-state index contributed by atoms with van der Waals surface area (Å²) < 4.78 is 10.5. The Labute approximate surface area is 118 Å². The molecule has 0 radical (unpaired) electrons. The highest BCUT2D eigenvalue weighted by Crippen LogP contribution is 2.24. The van der Waals surface area contributed by atoms with Crippen LogP contribution >= 0.6 is 0 Å². The standard InChI is InChI=1S/C15H20O5/c1-19-13-6-2-4-10(11(13)8-16)5-3-7-14-15(18)12(17)9-20-14/h2-6,12,14-18H,7-9H2,1H3/b5-3+/t12-,14-,15-/m1/s1.